The van der Waals surface area contributed by atoms with Crippen molar-refractivity contribution in [3.63, 3.8) is 0 Å². The van der Waals surface area contributed by atoms with E-state index in [-0.39, 0.29) is 11.3 Å². The van der Waals surface area contributed by atoms with Crippen LogP contribution < -0.4 is 0 Å². The van der Waals surface area contributed by atoms with Crippen molar-refractivity contribution in [1.29, 1.82) is 0 Å². The van der Waals surface area contributed by atoms with Crippen LogP contribution in [-0.2, 0) is 0 Å². The number of aromatic nitrogens is 2. The molecular weight excluding hydrogens is 212 g/mol. The summed E-state index contributed by atoms with van der Waals surface area (Å²) in [6.45, 7) is 10.0. The first-order chi connectivity index (χ1) is 7.79. The standard InChI is InChI=1S/C14H20N2O/c1-10(2)13(17)11-8-15-12(16-9-11)6-7-14(3,4)5/h8-10,13,17H,1-5H3/t13-/m0/s1. The van der Waals surface area contributed by atoms with Crippen LogP contribution in [0.15, 0.2) is 12.4 Å². The molecule has 1 heterocycles. The Kier molecular flexibility index (Phi) is 4.25. The summed E-state index contributed by atoms with van der Waals surface area (Å²) in [5.74, 6) is 6.66. The first-order valence-corrected chi connectivity index (χ1v) is 5.83. The zero-order valence-electron chi connectivity index (χ0n) is 11.2. The van der Waals surface area contributed by atoms with Gasteiger partial charge in [-0.3, -0.25) is 0 Å². The summed E-state index contributed by atoms with van der Waals surface area (Å²) in [6, 6.07) is 0. The van der Waals surface area contributed by atoms with Crippen LogP contribution in [0.2, 0.25) is 0 Å². The minimum absolute atomic E-state index is 0.0561. The Morgan fingerprint density at radius 2 is 1.71 bits per heavy atom. The molecule has 0 saturated heterocycles. The first kappa shape index (κ1) is 13.7. The van der Waals surface area contributed by atoms with Gasteiger partial charge >= 0.3 is 0 Å². The van der Waals surface area contributed by atoms with Crippen LogP contribution in [0.4, 0.5) is 0 Å². The lowest BCUT2D eigenvalue weighted by molar-refractivity contribution is 0.126. The summed E-state index contributed by atoms with van der Waals surface area (Å²) in [7, 11) is 0. The lowest BCUT2D eigenvalue weighted by Gasteiger charge is -2.13. The highest BCUT2D eigenvalue weighted by molar-refractivity contribution is 5.24. The van der Waals surface area contributed by atoms with E-state index in [1.807, 2.05) is 34.6 Å². The maximum Gasteiger partial charge on any atom is 0.204 e. The highest BCUT2D eigenvalue weighted by atomic mass is 16.3. The Labute approximate surface area is 103 Å². The third-order valence-corrected chi connectivity index (χ3v) is 2.19. The molecular formula is C14H20N2O. The number of hydrogen-bond acceptors (Lipinski definition) is 3. The van der Waals surface area contributed by atoms with Gasteiger partial charge in [-0.2, -0.15) is 0 Å². The fourth-order valence-corrected chi connectivity index (χ4v) is 1.18. The molecule has 0 aliphatic heterocycles. The number of aliphatic hydroxyl groups is 1. The zero-order chi connectivity index (χ0) is 13.1. The van der Waals surface area contributed by atoms with Crippen LogP contribution in [0.5, 0.6) is 0 Å². The monoisotopic (exact) mass is 232 g/mol. The molecule has 0 unspecified atom stereocenters. The molecule has 1 aromatic heterocycles. The minimum atomic E-state index is -0.514. The van der Waals surface area contributed by atoms with Crippen molar-refractivity contribution in [2.75, 3.05) is 0 Å². The second-order valence-corrected chi connectivity index (χ2v) is 5.53. The molecule has 0 amide bonds. The topological polar surface area (TPSA) is 46.0 Å². The van der Waals surface area contributed by atoms with Gasteiger partial charge in [-0.05, 0) is 32.6 Å². The van der Waals surface area contributed by atoms with Gasteiger partial charge in [-0.15, -0.1) is 0 Å². The minimum Gasteiger partial charge on any atom is -0.388 e. The summed E-state index contributed by atoms with van der Waals surface area (Å²) < 4.78 is 0. The Morgan fingerprint density at radius 1 is 1.18 bits per heavy atom. The van der Waals surface area contributed by atoms with Gasteiger partial charge < -0.3 is 5.11 Å². The van der Waals surface area contributed by atoms with Gasteiger partial charge in [0.25, 0.3) is 0 Å². The molecule has 0 spiro atoms. The van der Waals surface area contributed by atoms with E-state index in [1.54, 1.807) is 12.4 Å². The van der Waals surface area contributed by atoms with Gasteiger partial charge in [-0.1, -0.05) is 19.8 Å². The first-order valence-electron chi connectivity index (χ1n) is 5.83. The molecule has 0 radical (unpaired) electrons. The van der Waals surface area contributed by atoms with Gasteiger partial charge in [0.2, 0.25) is 5.82 Å². The molecule has 0 aromatic carbocycles. The van der Waals surface area contributed by atoms with E-state index in [0.717, 1.165) is 5.56 Å². The van der Waals surface area contributed by atoms with Crippen LogP contribution in [0.1, 0.15) is 52.1 Å². The molecule has 0 aliphatic carbocycles. The molecule has 92 valence electrons. The average molecular weight is 232 g/mol. The van der Waals surface area contributed by atoms with Crippen molar-refractivity contribution < 1.29 is 5.11 Å². The normalized spacial score (nSPS) is 13.1. The van der Waals surface area contributed by atoms with Crippen LogP contribution in [0.3, 0.4) is 0 Å². The van der Waals surface area contributed by atoms with Crippen molar-refractivity contribution in [2.45, 2.75) is 40.7 Å². The third kappa shape index (κ3) is 4.54. The molecule has 17 heavy (non-hydrogen) atoms. The van der Waals surface area contributed by atoms with Crippen LogP contribution in [0.25, 0.3) is 0 Å². The summed E-state index contributed by atoms with van der Waals surface area (Å²) in [4.78, 5) is 8.28. The molecule has 0 saturated carbocycles. The fourth-order valence-electron chi connectivity index (χ4n) is 1.18. The lowest BCUT2D eigenvalue weighted by Crippen LogP contribution is -2.07. The van der Waals surface area contributed by atoms with Crippen molar-refractivity contribution >= 4 is 0 Å². The van der Waals surface area contributed by atoms with E-state index in [0.29, 0.717) is 5.82 Å². The van der Waals surface area contributed by atoms with Crippen molar-refractivity contribution in [3.8, 4) is 11.8 Å². The molecule has 1 atom stereocenters. The van der Waals surface area contributed by atoms with Gasteiger partial charge in [0, 0.05) is 23.4 Å². The van der Waals surface area contributed by atoms with E-state index >= 15 is 0 Å². The molecule has 1 N–H and O–H groups in total. The lowest BCUT2D eigenvalue weighted by atomic mass is 9.98. The Bertz CT molecular complexity index is 418. The van der Waals surface area contributed by atoms with Gasteiger partial charge in [0.05, 0.1) is 6.10 Å². The Hall–Kier alpha value is -1.40. The summed E-state index contributed by atoms with van der Waals surface area (Å²) >= 11 is 0. The highest BCUT2D eigenvalue weighted by Gasteiger charge is 2.12. The van der Waals surface area contributed by atoms with Crippen molar-refractivity contribution in [2.24, 2.45) is 11.3 Å². The number of hydrogen-bond donors (Lipinski definition) is 1. The zero-order valence-corrected chi connectivity index (χ0v) is 11.2. The van der Waals surface area contributed by atoms with E-state index < -0.39 is 6.10 Å². The largest absolute Gasteiger partial charge is 0.388 e. The van der Waals surface area contributed by atoms with E-state index in [4.69, 9.17) is 0 Å². The Morgan fingerprint density at radius 3 is 2.12 bits per heavy atom. The van der Waals surface area contributed by atoms with Crippen LogP contribution in [0, 0.1) is 23.2 Å². The van der Waals surface area contributed by atoms with Gasteiger partial charge in [0.1, 0.15) is 0 Å². The second-order valence-electron chi connectivity index (χ2n) is 5.53. The number of rotatable bonds is 2. The quantitative estimate of drug-likeness (QED) is 0.797. The summed E-state index contributed by atoms with van der Waals surface area (Å²) in [6.07, 6.45) is 2.77. The van der Waals surface area contributed by atoms with E-state index in [9.17, 15) is 5.11 Å². The maximum atomic E-state index is 9.83. The molecule has 1 rings (SSSR count). The molecule has 3 heteroatoms. The summed E-state index contributed by atoms with van der Waals surface area (Å²) in [5.41, 5.74) is 0.681. The van der Waals surface area contributed by atoms with Gasteiger partial charge in [0.15, 0.2) is 0 Å². The van der Waals surface area contributed by atoms with Crippen molar-refractivity contribution in [1.82, 2.24) is 9.97 Å². The molecule has 0 bridgehead atoms. The fraction of sp³-hybridized carbons (Fsp3) is 0.571. The average Bonchev–Trinajstić information content (AvgIpc) is 2.25. The third-order valence-electron chi connectivity index (χ3n) is 2.19. The highest BCUT2D eigenvalue weighted by Crippen LogP contribution is 2.19. The van der Waals surface area contributed by atoms with Crippen LogP contribution in [-0.4, -0.2) is 15.1 Å². The SMILES string of the molecule is CC(C)[C@H](O)c1cnc(C#CC(C)(C)C)nc1. The Balaban J connectivity index is 2.84. The van der Waals surface area contributed by atoms with Gasteiger partial charge in [-0.25, -0.2) is 9.97 Å². The maximum absolute atomic E-state index is 9.83. The molecule has 3 nitrogen and oxygen atoms in total. The molecule has 1 aromatic rings. The van der Waals surface area contributed by atoms with E-state index in [1.165, 1.54) is 0 Å². The van der Waals surface area contributed by atoms with Crippen molar-refractivity contribution in [3.05, 3.63) is 23.8 Å². The second kappa shape index (κ2) is 5.29. The van der Waals surface area contributed by atoms with E-state index in [2.05, 4.69) is 21.8 Å². The molecule has 0 fully saturated rings. The smallest absolute Gasteiger partial charge is 0.204 e. The number of nitrogens with zero attached hydrogens (tertiary/aromatic N) is 2. The number of aliphatic hydroxyl groups excluding tert-OH is 1. The summed E-state index contributed by atoms with van der Waals surface area (Å²) in [5, 5.41) is 9.83. The predicted molar refractivity (Wildman–Crippen MR) is 68.2 cm³/mol. The van der Waals surface area contributed by atoms with Crippen LogP contribution >= 0.6 is 0 Å². The predicted octanol–water partition coefficient (Wildman–Crippen LogP) is 2.56. The molecule has 0 aliphatic rings.